The summed E-state index contributed by atoms with van der Waals surface area (Å²) in [4.78, 5) is 39.5. The Balaban J connectivity index is 1.47. The fourth-order valence-electron chi connectivity index (χ4n) is 3.29. The first-order valence-corrected chi connectivity index (χ1v) is 9.05. The molecular formula is C19H24N2O6. The second-order valence-corrected chi connectivity index (χ2v) is 6.77. The number of ether oxygens (including phenoxy) is 3. The molecule has 146 valence electrons. The number of para-hydroxylation sites is 2. The molecule has 2 atom stereocenters. The molecule has 27 heavy (non-hydrogen) atoms. The summed E-state index contributed by atoms with van der Waals surface area (Å²) in [6.07, 6.45) is -0.0786. The molecule has 2 aliphatic rings. The normalized spacial score (nSPS) is 22.1. The third-order valence-corrected chi connectivity index (χ3v) is 4.48. The van der Waals surface area contributed by atoms with Crippen molar-refractivity contribution in [3.8, 4) is 5.75 Å². The van der Waals surface area contributed by atoms with Gasteiger partial charge in [0.05, 0.1) is 24.3 Å². The number of anilines is 1. The Kier molecular flexibility index (Phi) is 5.95. The first kappa shape index (κ1) is 19.2. The highest BCUT2D eigenvalue weighted by atomic mass is 16.5. The molecule has 1 aromatic rings. The van der Waals surface area contributed by atoms with Crippen LogP contribution in [0.15, 0.2) is 24.3 Å². The molecule has 8 nitrogen and oxygen atoms in total. The van der Waals surface area contributed by atoms with Crippen molar-refractivity contribution in [2.75, 3.05) is 37.7 Å². The number of esters is 1. The fourth-order valence-corrected chi connectivity index (χ4v) is 3.29. The summed E-state index contributed by atoms with van der Waals surface area (Å²) in [6.45, 7) is 4.60. The first-order valence-electron chi connectivity index (χ1n) is 9.05. The molecule has 0 bridgehead atoms. The highest BCUT2D eigenvalue weighted by Gasteiger charge is 2.28. The Morgan fingerprint density at radius 1 is 1.19 bits per heavy atom. The molecule has 0 aromatic heterocycles. The van der Waals surface area contributed by atoms with Crippen molar-refractivity contribution in [1.82, 2.24) is 4.90 Å². The Labute approximate surface area is 158 Å². The van der Waals surface area contributed by atoms with Gasteiger partial charge in [-0.15, -0.1) is 0 Å². The number of morpholine rings is 1. The number of nitrogens with zero attached hydrogens (tertiary/aromatic N) is 2. The zero-order valence-corrected chi connectivity index (χ0v) is 15.6. The molecule has 0 N–H and O–H groups in total. The third kappa shape index (κ3) is 4.77. The molecule has 0 aliphatic carbocycles. The van der Waals surface area contributed by atoms with E-state index in [4.69, 9.17) is 14.2 Å². The molecule has 2 heterocycles. The highest BCUT2D eigenvalue weighted by molar-refractivity contribution is 5.98. The minimum Gasteiger partial charge on any atom is -0.482 e. The largest absolute Gasteiger partial charge is 0.482 e. The second kappa shape index (κ2) is 8.39. The van der Waals surface area contributed by atoms with Crippen molar-refractivity contribution < 1.29 is 28.6 Å². The molecule has 3 rings (SSSR count). The lowest BCUT2D eigenvalue weighted by molar-refractivity contribution is -0.157. The number of hydrogen-bond donors (Lipinski definition) is 0. The van der Waals surface area contributed by atoms with Crippen molar-refractivity contribution in [2.45, 2.75) is 32.5 Å². The van der Waals surface area contributed by atoms with Crippen molar-refractivity contribution in [2.24, 2.45) is 0 Å². The zero-order chi connectivity index (χ0) is 19.4. The van der Waals surface area contributed by atoms with Crippen LogP contribution in [0.25, 0.3) is 0 Å². The van der Waals surface area contributed by atoms with Crippen LogP contribution in [0.5, 0.6) is 5.75 Å². The number of rotatable bonds is 5. The van der Waals surface area contributed by atoms with E-state index in [-0.39, 0.29) is 50.2 Å². The number of fused-ring (bicyclic) bond motifs is 1. The van der Waals surface area contributed by atoms with E-state index in [0.29, 0.717) is 24.5 Å². The SMILES string of the molecule is C[C@@H]1CN(C(=O)COC(=O)CCN2C(=O)COc3ccccc32)C[C@H](C)O1. The lowest BCUT2D eigenvalue weighted by atomic mass is 10.2. The zero-order valence-electron chi connectivity index (χ0n) is 15.6. The number of hydrogen-bond acceptors (Lipinski definition) is 6. The van der Waals surface area contributed by atoms with Crippen LogP contribution in [-0.2, 0) is 23.9 Å². The summed E-state index contributed by atoms with van der Waals surface area (Å²) >= 11 is 0. The predicted molar refractivity (Wildman–Crippen MR) is 96.5 cm³/mol. The van der Waals surface area contributed by atoms with Gasteiger partial charge in [-0.3, -0.25) is 14.4 Å². The van der Waals surface area contributed by atoms with Gasteiger partial charge in [-0.05, 0) is 26.0 Å². The Morgan fingerprint density at radius 3 is 2.63 bits per heavy atom. The molecule has 0 saturated carbocycles. The standard InChI is InChI=1S/C19H24N2O6/c1-13-9-20(10-14(2)27-13)17(22)11-26-19(24)7-8-21-15-5-3-4-6-16(15)25-12-18(21)23/h3-6,13-14H,7-12H2,1-2H3/t13-,14+. The fraction of sp³-hybridized carbons (Fsp3) is 0.526. The topological polar surface area (TPSA) is 85.4 Å². The van der Waals surface area contributed by atoms with Crippen LogP contribution in [0.3, 0.4) is 0 Å². The summed E-state index contributed by atoms with van der Waals surface area (Å²) < 4.78 is 16.1. The van der Waals surface area contributed by atoms with Gasteiger partial charge in [-0.25, -0.2) is 0 Å². The lowest BCUT2D eigenvalue weighted by Crippen LogP contribution is -2.49. The Hall–Kier alpha value is -2.61. The minimum absolute atomic E-state index is 0.00324. The lowest BCUT2D eigenvalue weighted by Gasteiger charge is -2.35. The second-order valence-electron chi connectivity index (χ2n) is 6.77. The van der Waals surface area contributed by atoms with Crippen LogP contribution < -0.4 is 9.64 Å². The van der Waals surface area contributed by atoms with E-state index < -0.39 is 5.97 Å². The van der Waals surface area contributed by atoms with Crippen LogP contribution in [0, 0.1) is 0 Å². The van der Waals surface area contributed by atoms with Crippen LogP contribution >= 0.6 is 0 Å². The molecule has 1 aromatic carbocycles. The van der Waals surface area contributed by atoms with E-state index in [1.54, 1.807) is 23.1 Å². The van der Waals surface area contributed by atoms with Crippen molar-refractivity contribution >= 4 is 23.5 Å². The molecule has 0 radical (unpaired) electrons. The van der Waals surface area contributed by atoms with Gasteiger partial charge >= 0.3 is 5.97 Å². The van der Waals surface area contributed by atoms with Gasteiger partial charge < -0.3 is 24.0 Å². The van der Waals surface area contributed by atoms with Crippen LogP contribution in [0.1, 0.15) is 20.3 Å². The third-order valence-electron chi connectivity index (χ3n) is 4.48. The van der Waals surface area contributed by atoms with Gasteiger partial charge in [0.1, 0.15) is 5.75 Å². The maximum Gasteiger partial charge on any atom is 0.308 e. The molecule has 0 unspecified atom stereocenters. The number of carbonyl (C=O) groups is 3. The van der Waals surface area contributed by atoms with Gasteiger partial charge in [-0.2, -0.15) is 0 Å². The smallest absolute Gasteiger partial charge is 0.308 e. The van der Waals surface area contributed by atoms with Gasteiger partial charge in [-0.1, -0.05) is 12.1 Å². The van der Waals surface area contributed by atoms with E-state index in [1.165, 1.54) is 4.90 Å². The summed E-state index contributed by atoms with van der Waals surface area (Å²) in [7, 11) is 0. The minimum atomic E-state index is -0.519. The van der Waals surface area contributed by atoms with E-state index >= 15 is 0 Å². The Morgan fingerprint density at radius 2 is 1.89 bits per heavy atom. The van der Waals surface area contributed by atoms with Crippen molar-refractivity contribution in [1.29, 1.82) is 0 Å². The summed E-state index contributed by atoms with van der Waals surface area (Å²) in [6, 6.07) is 7.16. The van der Waals surface area contributed by atoms with Crippen LogP contribution in [0.4, 0.5) is 5.69 Å². The van der Waals surface area contributed by atoms with Crippen molar-refractivity contribution in [3.63, 3.8) is 0 Å². The average Bonchev–Trinajstić information content (AvgIpc) is 2.64. The van der Waals surface area contributed by atoms with Crippen LogP contribution in [0.2, 0.25) is 0 Å². The van der Waals surface area contributed by atoms with Crippen molar-refractivity contribution in [3.05, 3.63) is 24.3 Å². The number of benzene rings is 1. The first-order chi connectivity index (χ1) is 12.9. The van der Waals surface area contributed by atoms with Gasteiger partial charge in [0.15, 0.2) is 13.2 Å². The molecule has 8 heteroatoms. The summed E-state index contributed by atoms with van der Waals surface area (Å²) in [5.74, 6) is -0.363. The maximum atomic E-state index is 12.2. The molecule has 0 spiro atoms. The van der Waals surface area contributed by atoms with Gasteiger partial charge in [0.25, 0.3) is 11.8 Å². The summed E-state index contributed by atoms with van der Waals surface area (Å²) in [5, 5.41) is 0. The van der Waals surface area contributed by atoms with E-state index in [2.05, 4.69) is 0 Å². The molecule has 1 saturated heterocycles. The quantitative estimate of drug-likeness (QED) is 0.712. The highest BCUT2D eigenvalue weighted by Crippen LogP contribution is 2.31. The number of amides is 2. The van der Waals surface area contributed by atoms with Gasteiger partial charge in [0.2, 0.25) is 0 Å². The monoisotopic (exact) mass is 376 g/mol. The van der Waals surface area contributed by atoms with E-state index in [9.17, 15) is 14.4 Å². The predicted octanol–water partition coefficient (Wildman–Crippen LogP) is 0.981. The van der Waals surface area contributed by atoms with E-state index in [1.807, 2.05) is 19.9 Å². The van der Waals surface area contributed by atoms with Crippen LogP contribution in [-0.4, -0.2) is 67.7 Å². The number of carbonyl (C=O) groups excluding carboxylic acids is 3. The summed E-state index contributed by atoms with van der Waals surface area (Å²) in [5.41, 5.74) is 0.633. The average molecular weight is 376 g/mol. The molecular weight excluding hydrogens is 352 g/mol. The molecule has 2 aliphatic heterocycles. The van der Waals surface area contributed by atoms with E-state index in [0.717, 1.165) is 0 Å². The maximum absolute atomic E-state index is 12.2. The Bertz CT molecular complexity index is 712. The molecule has 1 fully saturated rings. The molecule has 2 amide bonds. The van der Waals surface area contributed by atoms with Gasteiger partial charge in [0, 0.05) is 19.6 Å².